The third kappa shape index (κ3) is 2.58. The fourth-order valence-electron chi connectivity index (χ4n) is 1.88. The number of rotatable bonds is 4. The molecule has 0 spiro atoms. The zero-order chi connectivity index (χ0) is 13.3. The molecule has 6 nitrogen and oxygen atoms in total. The molecule has 0 radical (unpaired) electrons. The lowest BCUT2D eigenvalue weighted by molar-refractivity contribution is -0.137. The van der Waals surface area contributed by atoms with Crippen molar-refractivity contribution < 1.29 is 9.90 Å². The predicted octanol–water partition coefficient (Wildman–Crippen LogP) is 1.70. The van der Waals surface area contributed by atoms with Gasteiger partial charge in [0.25, 0.3) is 0 Å². The van der Waals surface area contributed by atoms with Gasteiger partial charge in [-0.2, -0.15) is 5.10 Å². The molecule has 2 heterocycles. The molecular formula is C12H16N4O2. The third-order valence-electron chi connectivity index (χ3n) is 2.56. The van der Waals surface area contributed by atoms with E-state index in [9.17, 15) is 4.79 Å². The molecule has 2 aromatic rings. The van der Waals surface area contributed by atoms with E-state index in [0.29, 0.717) is 5.82 Å². The molecule has 2 rings (SSSR count). The lowest BCUT2D eigenvalue weighted by atomic mass is 10.0. The molecule has 0 unspecified atom stereocenters. The molecule has 0 atom stereocenters. The molecule has 2 aromatic heterocycles. The quantitative estimate of drug-likeness (QED) is 0.861. The van der Waals surface area contributed by atoms with Gasteiger partial charge >= 0.3 is 5.97 Å². The Labute approximate surface area is 105 Å². The summed E-state index contributed by atoms with van der Waals surface area (Å²) >= 11 is 0. The van der Waals surface area contributed by atoms with Crippen LogP contribution in [0.1, 0.15) is 26.0 Å². The van der Waals surface area contributed by atoms with E-state index in [1.807, 2.05) is 26.8 Å². The molecule has 0 amide bonds. The molecule has 96 valence electrons. The normalized spacial score (nSPS) is 11.7. The number of carbonyl (C=O) groups is 1. The second-order valence-corrected chi connectivity index (χ2v) is 4.97. The summed E-state index contributed by atoms with van der Waals surface area (Å²) < 4.78 is 1.72. The zero-order valence-electron chi connectivity index (χ0n) is 10.6. The monoisotopic (exact) mass is 248 g/mol. The van der Waals surface area contributed by atoms with Crippen molar-refractivity contribution in [3.63, 3.8) is 0 Å². The van der Waals surface area contributed by atoms with Crippen molar-refractivity contribution in [2.75, 3.05) is 5.32 Å². The van der Waals surface area contributed by atoms with Gasteiger partial charge in [-0.1, -0.05) is 0 Å². The first-order chi connectivity index (χ1) is 8.37. The number of nitrogens with zero attached hydrogens (tertiary/aromatic N) is 3. The maximum atomic E-state index is 10.8. The van der Waals surface area contributed by atoms with Crippen LogP contribution in [0, 0.1) is 6.92 Å². The Bertz CT molecular complexity index is 589. The average Bonchev–Trinajstić information content (AvgIpc) is 2.56. The van der Waals surface area contributed by atoms with Crippen molar-refractivity contribution in [1.82, 2.24) is 14.6 Å². The van der Waals surface area contributed by atoms with Gasteiger partial charge in [0.05, 0.1) is 12.1 Å². The van der Waals surface area contributed by atoms with Gasteiger partial charge in [0.1, 0.15) is 5.52 Å². The van der Waals surface area contributed by atoms with E-state index in [1.54, 1.807) is 16.9 Å². The minimum atomic E-state index is -0.843. The standard InChI is InChI=1S/C12H16N4O2/c1-8-6-9-11(13-4-5-16(9)15-8)14-12(2,3)7-10(17)18/h4-6H,7H2,1-3H3,(H,13,14)(H,17,18). The zero-order valence-corrected chi connectivity index (χ0v) is 10.6. The Balaban J connectivity index is 2.34. The summed E-state index contributed by atoms with van der Waals surface area (Å²) in [6, 6.07) is 1.91. The number of aryl methyl sites for hydroxylation is 1. The summed E-state index contributed by atoms with van der Waals surface area (Å²) in [5.41, 5.74) is 1.16. The Hall–Kier alpha value is -2.11. The number of aliphatic carboxylic acids is 1. The van der Waals surface area contributed by atoms with E-state index in [-0.39, 0.29) is 6.42 Å². The van der Waals surface area contributed by atoms with Crippen LogP contribution >= 0.6 is 0 Å². The van der Waals surface area contributed by atoms with Crippen molar-refractivity contribution in [1.29, 1.82) is 0 Å². The van der Waals surface area contributed by atoms with E-state index < -0.39 is 11.5 Å². The van der Waals surface area contributed by atoms with Crippen LogP contribution in [0.25, 0.3) is 5.52 Å². The van der Waals surface area contributed by atoms with Crippen LogP contribution in [-0.4, -0.2) is 31.2 Å². The lowest BCUT2D eigenvalue weighted by Gasteiger charge is -2.25. The van der Waals surface area contributed by atoms with Crippen molar-refractivity contribution in [3.05, 3.63) is 24.2 Å². The molecule has 0 saturated carbocycles. The van der Waals surface area contributed by atoms with Crippen molar-refractivity contribution in [3.8, 4) is 0 Å². The van der Waals surface area contributed by atoms with Crippen molar-refractivity contribution in [2.45, 2.75) is 32.7 Å². The highest BCUT2D eigenvalue weighted by molar-refractivity contribution is 5.72. The van der Waals surface area contributed by atoms with Gasteiger partial charge in [0.2, 0.25) is 0 Å². The first-order valence-electron chi connectivity index (χ1n) is 5.68. The van der Waals surface area contributed by atoms with Gasteiger partial charge in [-0.15, -0.1) is 0 Å². The molecule has 18 heavy (non-hydrogen) atoms. The minimum Gasteiger partial charge on any atom is -0.481 e. The van der Waals surface area contributed by atoms with Crippen LogP contribution in [0.15, 0.2) is 18.5 Å². The molecule has 0 fully saturated rings. The van der Waals surface area contributed by atoms with Gasteiger partial charge in [-0.05, 0) is 26.8 Å². The SMILES string of the molecule is Cc1cc2c(NC(C)(C)CC(=O)O)nccn2n1. The number of carboxylic acids is 1. The minimum absolute atomic E-state index is 0.0167. The second kappa shape index (κ2) is 4.29. The number of hydrogen-bond acceptors (Lipinski definition) is 4. The van der Waals surface area contributed by atoms with E-state index in [1.165, 1.54) is 0 Å². The second-order valence-electron chi connectivity index (χ2n) is 4.97. The Morgan fingerprint density at radius 2 is 2.28 bits per heavy atom. The molecule has 0 aromatic carbocycles. The molecular weight excluding hydrogens is 232 g/mol. The smallest absolute Gasteiger partial charge is 0.305 e. The van der Waals surface area contributed by atoms with Gasteiger partial charge in [0, 0.05) is 17.9 Å². The van der Waals surface area contributed by atoms with Crippen LogP contribution in [0.5, 0.6) is 0 Å². The average molecular weight is 248 g/mol. The van der Waals surface area contributed by atoms with E-state index in [2.05, 4.69) is 15.4 Å². The predicted molar refractivity (Wildman–Crippen MR) is 67.7 cm³/mol. The van der Waals surface area contributed by atoms with Gasteiger partial charge in [-0.25, -0.2) is 9.50 Å². The largest absolute Gasteiger partial charge is 0.481 e. The van der Waals surface area contributed by atoms with Crippen molar-refractivity contribution >= 4 is 17.3 Å². The van der Waals surface area contributed by atoms with E-state index in [4.69, 9.17) is 5.11 Å². The van der Waals surface area contributed by atoms with E-state index >= 15 is 0 Å². The van der Waals surface area contributed by atoms with Crippen molar-refractivity contribution in [2.24, 2.45) is 0 Å². The number of carboxylic acid groups (broad SMARTS) is 1. The van der Waals surface area contributed by atoms with Gasteiger partial charge in [0.15, 0.2) is 5.82 Å². The highest BCUT2D eigenvalue weighted by Gasteiger charge is 2.23. The Morgan fingerprint density at radius 3 is 2.94 bits per heavy atom. The summed E-state index contributed by atoms with van der Waals surface area (Å²) in [7, 11) is 0. The lowest BCUT2D eigenvalue weighted by Crippen LogP contribution is -2.34. The van der Waals surface area contributed by atoms with Crippen LogP contribution in [-0.2, 0) is 4.79 Å². The van der Waals surface area contributed by atoms with Crippen LogP contribution in [0.3, 0.4) is 0 Å². The summed E-state index contributed by atoms with van der Waals surface area (Å²) in [5.74, 6) is -0.200. The first-order valence-corrected chi connectivity index (χ1v) is 5.68. The maximum Gasteiger partial charge on any atom is 0.305 e. The number of anilines is 1. The Morgan fingerprint density at radius 1 is 1.56 bits per heavy atom. The fraction of sp³-hybridized carbons (Fsp3) is 0.417. The number of hydrogen-bond donors (Lipinski definition) is 2. The topological polar surface area (TPSA) is 79.5 Å². The summed E-state index contributed by atoms with van der Waals surface area (Å²) in [4.78, 5) is 15.0. The highest BCUT2D eigenvalue weighted by atomic mass is 16.4. The van der Waals surface area contributed by atoms with Gasteiger partial charge in [-0.3, -0.25) is 4.79 Å². The molecule has 6 heteroatoms. The van der Waals surface area contributed by atoms with Crippen LogP contribution < -0.4 is 5.32 Å². The van der Waals surface area contributed by atoms with Crippen LogP contribution in [0.4, 0.5) is 5.82 Å². The highest BCUT2D eigenvalue weighted by Crippen LogP contribution is 2.21. The summed E-state index contributed by atoms with van der Waals surface area (Å²) in [6.45, 7) is 5.56. The molecule has 0 aliphatic rings. The number of nitrogens with one attached hydrogen (secondary N) is 1. The fourth-order valence-corrected chi connectivity index (χ4v) is 1.88. The number of fused-ring (bicyclic) bond motifs is 1. The van der Waals surface area contributed by atoms with Gasteiger partial charge < -0.3 is 10.4 Å². The first kappa shape index (κ1) is 12.3. The molecule has 0 saturated heterocycles. The Kier molecular flexibility index (Phi) is 2.94. The van der Waals surface area contributed by atoms with E-state index in [0.717, 1.165) is 11.2 Å². The maximum absolute atomic E-state index is 10.8. The molecule has 0 aliphatic heterocycles. The summed E-state index contributed by atoms with van der Waals surface area (Å²) in [5, 5.41) is 16.3. The molecule has 2 N–H and O–H groups in total. The molecule has 0 bridgehead atoms. The molecule has 0 aliphatic carbocycles. The van der Waals surface area contributed by atoms with Crippen LogP contribution in [0.2, 0.25) is 0 Å². The number of aromatic nitrogens is 3. The summed E-state index contributed by atoms with van der Waals surface area (Å²) in [6.07, 6.45) is 3.42. The third-order valence-corrected chi connectivity index (χ3v) is 2.56.